The van der Waals surface area contributed by atoms with Gasteiger partial charge in [0.1, 0.15) is 0 Å². The number of rotatable bonds is 11. The minimum Gasteiger partial charge on any atom is -0.381 e. The lowest BCUT2D eigenvalue weighted by molar-refractivity contribution is -0.0320. The van der Waals surface area contributed by atoms with Crippen LogP contribution in [0.3, 0.4) is 0 Å². The van der Waals surface area contributed by atoms with Crippen molar-refractivity contribution in [1.82, 2.24) is 10.6 Å². The van der Waals surface area contributed by atoms with Gasteiger partial charge in [0, 0.05) is 53.2 Å². The Morgan fingerprint density at radius 2 is 1.78 bits per heavy atom. The van der Waals surface area contributed by atoms with E-state index in [4.69, 9.17) is 14.2 Å². The SMILES string of the molecule is CN=C(NCCCOCC(C)C)NCCCOC1CCOCC1. The van der Waals surface area contributed by atoms with E-state index in [1.165, 1.54) is 0 Å². The molecular formula is C17H35N3O3. The zero-order valence-electron chi connectivity index (χ0n) is 15.1. The summed E-state index contributed by atoms with van der Waals surface area (Å²) in [5, 5.41) is 6.61. The molecule has 1 saturated heterocycles. The summed E-state index contributed by atoms with van der Waals surface area (Å²) < 4.78 is 16.7. The number of nitrogens with zero attached hydrogens (tertiary/aromatic N) is 1. The Kier molecular flexibility index (Phi) is 11.9. The average Bonchev–Trinajstić information content (AvgIpc) is 2.56. The maximum absolute atomic E-state index is 5.85. The first-order chi connectivity index (χ1) is 11.2. The Morgan fingerprint density at radius 1 is 1.13 bits per heavy atom. The Hall–Kier alpha value is -0.850. The predicted molar refractivity (Wildman–Crippen MR) is 94.0 cm³/mol. The summed E-state index contributed by atoms with van der Waals surface area (Å²) >= 11 is 0. The van der Waals surface area contributed by atoms with Gasteiger partial charge >= 0.3 is 0 Å². The molecule has 0 aliphatic carbocycles. The Balaban J connectivity index is 1.92. The van der Waals surface area contributed by atoms with Crippen LogP contribution >= 0.6 is 0 Å². The van der Waals surface area contributed by atoms with Gasteiger partial charge < -0.3 is 24.8 Å². The zero-order chi connectivity index (χ0) is 16.8. The van der Waals surface area contributed by atoms with E-state index in [0.29, 0.717) is 12.0 Å². The lowest BCUT2D eigenvalue weighted by Gasteiger charge is -2.22. The minimum atomic E-state index is 0.382. The molecule has 0 aromatic heterocycles. The number of aliphatic imine (C=N–C) groups is 1. The molecule has 136 valence electrons. The molecule has 6 heteroatoms. The van der Waals surface area contributed by atoms with Gasteiger partial charge in [-0.1, -0.05) is 13.8 Å². The summed E-state index contributed by atoms with van der Waals surface area (Å²) in [7, 11) is 1.79. The van der Waals surface area contributed by atoms with Crippen molar-refractivity contribution >= 4 is 5.96 Å². The van der Waals surface area contributed by atoms with Crippen molar-refractivity contribution in [2.24, 2.45) is 10.9 Å². The van der Waals surface area contributed by atoms with E-state index >= 15 is 0 Å². The first-order valence-electron chi connectivity index (χ1n) is 8.94. The highest BCUT2D eigenvalue weighted by Crippen LogP contribution is 2.10. The van der Waals surface area contributed by atoms with E-state index in [9.17, 15) is 0 Å². The maximum Gasteiger partial charge on any atom is 0.190 e. The zero-order valence-corrected chi connectivity index (χ0v) is 15.1. The molecule has 1 aliphatic heterocycles. The van der Waals surface area contributed by atoms with Crippen LogP contribution in [0.2, 0.25) is 0 Å². The Morgan fingerprint density at radius 3 is 2.39 bits per heavy atom. The topological polar surface area (TPSA) is 64.1 Å². The van der Waals surface area contributed by atoms with Crippen molar-refractivity contribution in [2.45, 2.75) is 45.6 Å². The molecule has 1 rings (SSSR count). The van der Waals surface area contributed by atoms with Gasteiger partial charge in [-0.25, -0.2) is 0 Å². The predicted octanol–water partition coefficient (Wildman–Crippen LogP) is 1.80. The molecule has 0 aromatic rings. The highest BCUT2D eigenvalue weighted by molar-refractivity contribution is 5.79. The molecule has 1 heterocycles. The molecule has 1 fully saturated rings. The number of hydrogen-bond donors (Lipinski definition) is 2. The smallest absolute Gasteiger partial charge is 0.190 e. The van der Waals surface area contributed by atoms with E-state index in [2.05, 4.69) is 29.5 Å². The first kappa shape index (κ1) is 20.2. The van der Waals surface area contributed by atoms with Crippen molar-refractivity contribution in [1.29, 1.82) is 0 Å². The van der Waals surface area contributed by atoms with Crippen LogP contribution in [0, 0.1) is 5.92 Å². The van der Waals surface area contributed by atoms with Crippen LogP contribution in [0.15, 0.2) is 4.99 Å². The van der Waals surface area contributed by atoms with Crippen molar-refractivity contribution in [3.63, 3.8) is 0 Å². The number of nitrogens with one attached hydrogen (secondary N) is 2. The highest BCUT2D eigenvalue weighted by Gasteiger charge is 2.13. The molecule has 0 atom stereocenters. The summed E-state index contributed by atoms with van der Waals surface area (Å²) in [4.78, 5) is 4.22. The van der Waals surface area contributed by atoms with Crippen LogP contribution in [-0.2, 0) is 14.2 Å². The molecule has 0 saturated carbocycles. The largest absolute Gasteiger partial charge is 0.381 e. The lowest BCUT2D eigenvalue weighted by Crippen LogP contribution is -2.38. The standard InChI is InChI=1S/C17H35N3O3/c1-15(2)14-22-10-4-8-19-17(18-3)20-9-5-11-23-16-6-12-21-13-7-16/h15-16H,4-14H2,1-3H3,(H2,18,19,20). The normalized spacial score (nSPS) is 16.8. The molecule has 0 amide bonds. The first-order valence-corrected chi connectivity index (χ1v) is 8.94. The summed E-state index contributed by atoms with van der Waals surface area (Å²) in [6, 6.07) is 0. The molecule has 1 aliphatic rings. The number of guanidine groups is 1. The van der Waals surface area contributed by atoms with E-state index in [-0.39, 0.29) is 0 Å². The van der Waals surface area contributed by atoms with Gasteiger partial charge in [-0.2, -0.15) is 0 Å². The van der Waals surface area contributed by atoms with Gasteiger partial charge in [0.2, 0.25) is 0 Å². The molecule has 0 spiro atoms. The Labute approximate surface area is 141 Å². The third kappa shape index (κ3) is 11.3. The molecule has 6 nitrogen and oxygen atoms in total. The highest BCUT2D eigenvalue weighted by atomic mass is 16.5. The molecule has 0 bridgehead atoms. The van der Waals surface area contributed by atoms with Crippen LogP contribution in [0.5, 0.6) is 0 Å². The second-order valence-electron chi connectivity index (χ2n) is 6.28. The third-order valence-electron chi connectivity index (χ3n) is 3.57. The van der Waals surface area contributed by atoms with Gasteiger partial charge in [0.05, 0.1) is 6.10 Å². The number of ether oxygens (including phenoxy) is 3. The van der Waals surface area contributed by atoms with Crippen molar-refractivity contribution in [3.8, 4) is 0 Å². The van der Waals surface area contributed by atoms with Crippen LogP contribution in [0.1, 0.15) is 39.5 Å². The summed E-state index contributed by atoms with van der Waals surface area (Å²) in [6.07, 6.45) is 4.40. The lowest BCUT2D eigenvalue weighted by atomic mass is 10.1. The van der Waals surface area contributed by atoms with E-state index in [1.807, 2.05) is 0 Å². The molecule has 2 N–H and O–H groups in total. The Bertz CT molecular complexity index is 305. The maximum atomic E-state index is 5.85. The third-order valence-corrected chi connectivity index (χ3v) is 3.57. The molecule has 0 unspecified atom stereocenters. The molecule has 0 radical (unpaired) electrons. The minimum absolute atomic E-state index is 0.382. The number of hydrogen-bond acceptors (Lipinski definition) is 4. The van der Waals surface area contributed by atoms with Crippen LogP contribution in [0.25, 0.3) is 0 Å². The summed E-state index contributed by atoms with van der Waals surface area (Å²) in [5.41, 5.74) is 0. The van der Waals surface area contributed by atoms with Crippen LogP contribution in [0.4, 0.5) is 0 Å². The average molecular weight is 329 g/mol. The van der Waals surface area contributed by atoms with Gasteiger partial charge in [-0.15, -0.1) is 0 Å². The summed E-state index contributed by atoms with van der Waals surface area (Å²) in [6.45, 7) is 10.1. The van der Waals surface area contributed by atoms with Crippen molar-refractivity contribution < 1.29 is 14.2 Å². The molecule has 0 aromatic carbocycles. The van der Waals surface area contributed by atoms with E-state index in [0.717, 1.165) is 77.8 Å². The van der Waals surface area contributed by atoms with Gasteiger partial charge in [-0.3, -0.25) is 4.99 Å². The fraction of sp³-hybridized carbons (Fsp3) is 0.941. The summed E-state index contributed by atoms with van der Waals surface area (Å²) in [5.74, 6) is 1.45. The molecular weight excluding hydrogens is 294 g/mol. The quantitative estimate of drug-likeness (QED) is 0.344. The second-order valence-corrected chi connectivity index (χ2v) is 6.28. The van der Waals surface area contributed by atoms with Gasteiger partial charge in [-0.05, 0) is 31.6 Å². The van der Waals surface area contributed by atoms with Crippen molar-refractivity contribution in [3.05, 3.63) is 0 Å². The van der Waals surface area contributed by atoms with Gasteiger partial charge in [0.15, 0.2) is 5.96 Å². The molecule has 23 heavy (non-hydrogen) atoms. The van der Waals surface area contributed by atoms with Gasteiger partial charge in [0.25, 0.3) is 0 Å². The monoisotopic (exact) mass is 329 g/mol. The second kappa shape index (κ2) is 13.6. The van der Waals surface area contributed by atoms with Crippen LogP contribution in [-0.4, -0.2) is 65.2 Å². The fourth-order valence-electron chi connectivity index (χ4n) is 2.29. The van der Waals surface area contributed by atoms with E-state index in [1.54, 1.807) is 7.05 Å². The fourth-order valence-corrected chi connectivity index (χ4v) is 2.29. The van der Waals surface area contributed by atoms with E-state index < -0.39 is 0 Å². The van der Waals surface area contributed by atoms with Crippen LogP contribution < -0.4 is 10.6 Å². The van der Waals surface area contributed by atoms with Crippen molar-refractivity contribution in [2.75, 3.05) is 53.2 Å².